The Bertz CT molecular complexity index is 861. The van der Waals surface area contributed by atoms with E-state index in [9.17, 15) is 4.79 Å². The van der Waals surface area contributed by atoms with Crippen molar-refractivity contribution < 1.29 is 9.53 Å². The largest absolute Gasteiger partial charge is 0.383 e. The number of amides is 1. The van der Waals surface area contributed by atoms with Crippen molar-refractivity contribution >= 4 is 5.91 Å². The first-order valence-electron chi connectivity index (χ1n) is 8.52. The first kappa shape index (κ1) is 17.8. The number of nitrogens with one attached hydrogen (secondary N) is 1. The number of rotatable bonds is 7. The molecule has 0 bridgehead atoms. The predicted molar refractivity (Wildman–Crippen MR) is 99.7 cm³/mol. The monoisotopic (exact) mass is 350 g/mol. The minimum Gasteiger partial charge on any atom is -0.383 e. The summed E-state index contributed by atoms with van der Waals surface area (Å²) in [6.45, 7) is 3.10. The molecule has 6 heteroatoms. The van der Waals surface area contributed by atoms with Crippen LogP contribution >= 0.6 is 0 Å². The lowest BCUT2D eigenvalue weighted by atomic mass is 9.99. The van der Waals surface area contributed by atoms with E-state index in [1.54, 1.807) is 13.4 Å². The van der Waals surface area contributed by atoms with Gasteiger partial charge in [-0.15, -0.1) is 10.2 Å². The van der Waals surface area contributed by atoms with Crippen molar-refractivity contribution in [1.29, 1.82) is 0 Å². The van der Waals surface area contributed by atoms with E-state index in [0.29, 0.717) is 24.5 Å². The fourth-order valence-corrected chi connectivity index (χ4v) is 2.85. The van der Waals surface area contributed by atoms with Gasteiger partial charge in [0.25, 0.3) is 5.91 Å². The molecule has 0 saturated heterocycles. The molecule has 1 N–H and O–H groups in total. The number of nitrogens with zero attached hydrogens (tertiary/aromatic N) is 3. The molecule has 0 radical (unpaired) electrons. The summed E-state index contributed by atoms with van der Waals surface area (Å²) in [5, 5.41) is 11.1. The maximum absolute atomic E-state index is 12.9. The zero-order valence-corrected chi connectivity index (χ0v) is 14.9. The molecule has 0 spiro atoms. The Morgan fingerprint density at radius 3 is 2.65 bits per heavy atom. The van der Waals surface area contributed by atoms with Crippen LogP contribution in [0.15, 0.2) is 60.9 Å². The van der Waals surface area contributed by atoms with Crippen LogP contribution in [0.1, 0.15) is 29.1 Å². The third-order valence-electron chi connectivity index (χ3n) is 4.17. The topological polar surface area (TPSA) is 69.0 Å². The highest BCUT2D eigenvalue weighted by Gasteiger charge is 2.18. The Kier molecular flexibility index (Phi) is 5.76. The van der Waals surface area contributed by atoms with Gasteiger partial charge in [-0.2, -0.15) is 0 Å². The lowest BCUT2D eigenvalue weighted by Gasteiger charge is -2.16. The molecule has 0 aliphatic heterocycles. The molecule has 0 unspecified atom stereocenters. The zero-order chi connectivity index (χ0) is 18.4. The summed E-state index contributed by atoms with van der Waals surface area (Å²) < 4.78 is 6.99. The zero-order valence-electron chi connectivity index (χ0n) is 14.9. The van der Waals surface area contributed by atoms with Gasteiger partial charge in [0, 0.05) is 19.2 Å². The van der Waals surface area contributed by atoms with Gasteiger partial charge in [-0.1, -0.05) is 48.5 Å². The third-order valence-corrected chi connectivity index (χ3v) is 4.17. The second-order valence-corrected chi connectivity index (χ2v) is 5.98. The van der Waals surface area contributed by atoms with Crippen LogP contribution < -0.4 is 5.32 Å². The Labute approximate surface area is 152 Å². The fraction of sp³-hybridized carbons (Fsp3) is 0.250. The summed E-state index contributed by atoms with van der Waals surface area (Å²) in [4.78, 5) is 12.9. The van der Waals surface area contributed by atoms with Gasteiger partial charge in [-0.25, -0.2) is 0 Å². The van der Waals surface area contributed by atoms with E-state index >= 15 is 0 Å². The van der Waals surface area contributed by atoms with Crippen LogP contribution in [0.25, 0.3) is 11.1 Å². The van der Waals surface area contributed by atoms with Crippen LogP contribution in [0.3, 0.4) is 0 Å². The second kappa shape index (κ2) is 8.40. The molecule has 0 saturated carbocycles. The molecule has 1 aromatic heterocycles. The maximum atomic E-state index is 12.9. The highest BCUT2D eigenvalue weighted by atomic mass is 16.5. The van der Waals surface area contributed by atoms with E-state index in [4.69, 9.17) is 4.74 Å². The van der Waals surface area contributed by atoms with Gasteiger partial charge in [0.1, 0.15) is 6.33 Å². The number of methoxy groups -OCH3 is 1. The SMILES string of the molecule is COCCn1cnnc1[C@@H](C)NC(=O)c1ccccc1-c1ccccc1. The number of hydrogen-bond acceptors (Lipinski definition) is 4. The number of benzene rings is 2. The fourth-order valence-electron chi connectivity index (χ4n) is 2.85. The first-order chi connectivity index (χ1) is 12.7. The molecule has 134 valence electrons. The third kappa shape index (κ3) is 3.97. The average molecular weight is 350 g/mol. The van der Waals surface area contributed by atoms with Gasteiger partial charge in [-0.3, -0.25) is 4.79 Å². The van der Waals surface area contributed by atoms with Gasteiger partial charge in [0.2, 0.25) is 0 Å². The van der Waals surface area contributed by atoms with Gasteiger partial charge in [-0.05, 0) is 24.1 Å². The predicted octanol–water partition coefficient (Wildman–Crippen LogP) is 3.08. The molecule has 1 heterocycles. The van der Waals surface area contributed by atoms with Crippen LogP contribution in [0.5, 0.6) is 0 Å². The summed E-state index contributed by atoms with van der Waals surface area (Å²) in [6, 6.07) is 17.2. The molecule has 3 aromatic rings. The highest BCUT2D eigenvalue weighted by molar-refractivity contribution is 6.01. The van der Waals surface area contributed by atoms with E-state index < -0.39 is 0 Å². The standard InChI is InChI=1S/C20H22N4O2/c1-15(19-23-21-14-24(19)12-13-26-2)22-20(25)18-11-7-6-10-17(18)16-8-4-3-5-9-16/h3-11,14-15H,12-13H2,1-2H3,(H,22,25)/t15-/m1/s1. The minimum absolute atomic E-state index is 0.141. The Morgan fingerprint density at radius 1 is 1.15 bits per heavy atom. The quantitative estimate of drug-likeness (QED) is 0.711. The van der Waals surface area contributed by atoms with Crippen molar-refractivity contribution in [2.24, 2.45) is 0 Å². The molecule has 0 fully saturated rings. The second-order valence-electron chi connectivity index (χ2n) is 5.98. The van der Waals surface area contributed by atoms with Crippen molar-refractivity contribution in [3.05, 3.63) is 72.3 Å². The highest BCUT2D eigenvalue weighted by Crippen LogP contribution is 2.24. The van der Waals surface area contributed by atoms with Gasteiger partial charge < -0.3 is 14.6 Å². The molecule has 6 nitrogen and oxygen atoms in total. The van der Waals surface area contributed by atoms with Crippen LogP contribution in [-0.4, -0.2) is 34.4 Å². The van der Waals surface area contributed by atoms with E-state index in [0.717, 1.165) is 11.1 Å². The molecule has 0 aliphatic rings. The number of carbonyl (C=O) groups excluding carboxylic acids is 1. The molecular weight excluding hydrogens is 328 g/mol. The minimum atomic E-state index is -0.273. The van der Waals surface area contributed by atoms with Crippen LogP contribution in [0.4, 0.5) is 0 Å². The van der Waals surface area contributed by atoms with Gasteiger partial charge in [0.15, 0.2) is 5.82 Å². The van der Waals surface area contributed by atoms with Crippen LogP contribution in [0, 0.1) is 0 Å². The molecule has 26 heavy (non-hydrogen) atoms. The lowest BCUT2D eigenvalue weighted by molar-refractivity contribution is 0.0938. The maximum Gasteiger partial charge on any atom is 0.252 e. The number of aromatic nitrogens is 3. The molecule has 2 aromatic carbocycles. The van der Waals surface area contributed by atoms with Crippen molar-refractivity contribution in [2.45, 2.75) is 19.5 Å². The summed E-state index contributed by atoms with van der Waals surface area (Å²) >= 11 is 0. The smallest absolute Gasteiger partial charge is 0.252 e. The summed E-state index contributed by atoms with van der Waals surface area (Å²) in [5.41, 5.74) is 2.54. The molecule has 1 amide bonds. The molecule has 1 atom stereocenters. The number of ether oxygens (including phenoxy) is 1. The van der Waals surface area contributed by atoms with Crippen molar-refractivity contribution in [2.75, 3.05) is 13.7 Å². The van der Waals surface area contributed by atoms with Gasteiger partial charge >= 0.3 is 0 Å². The van der Waals surface area contributed by atoms with E-state index in [-0.39, 0.29) is 11.9 Å². The normalized spacial score (nSPS) is 11.9. The van der Waals surface area contributed by atoms with Gasteiger partial charge in [0.05, 0.1) is 12.6 Å². The first-order valence-corrected chi connectivity index (χ1v) is 8.52. The number of carbonyl (C=O) groups is 1. The van der Waals surface area contributed by atoms with Crippen molar-refractivity contribution in [1.82, 2.24) is 20.1 Å². The van der Waals surface area contributed by atoms with E-state index in [2.05, 4.69) is 15.5 Å². The van der Waals surface area contributed by atoms with Crippen LogP contribution in [0.2, 0.25) is 0 Å². The molecule has 0 aliphatic carbocycles. The summed E-state index contributed by atoms with van der Waals surface area (Å²) in [7, 11) is 1.65. The Morgan fingerprint density at radius 2 is 1.88 bits per heavy atom. The van der Waals surface area contributed by atoms with E-state index in [1.165, 1.54) is 0 Å². The number of hydrogen-bond donors (Lipinski definition) is 1. The Balaban J connectivity index is 1.80. The van der Waals surface area contributed by atoms with Crippen molar-refractivity contribution in [3.63, 3.8) is 0 Å². The summed E-state index contributed by atoms with van der Waals surface area (Å²) in [6.07, 6.45) is 1.65. The molecule has 3 rings (SSSR count). The average Bonchev–Trinajstić information content (AvgIpc) is 3.15. The summed E-state index contributed by atoms with van der Waals surface area (Å²) in [5.74, 6) is 0.561. The van der Waals surface area contributed by atoms with E-state index in [1.807, 2.05) is 66.1 Å². The van der Waals surface area contributed by atoms with Crippen LogP contribution in [-0.2, 0) is 11.3 Å². The van der Waals surface area contributed by atoms with Crippen molar-refractivity contribution in [3.8, 4) is 11.1 Å². The Hall–Kier alpha value is -2.99. The molecular formula is C20H22N4O2. The lowest BCUT2D eigenvalue weighted by Crippen LogP contribution is -2.29.